The number of nitrogens with zero attached hydrogens (tertiary/aromatic N) is 1. The number of hydrogen-bond donors (Lipinski definition) is 1. The van der Waals surface area contributed by atoms with Crippen LogP contribution in [0.4, 0.5) is 0 Å². The highest BCUT2D eigenvalue weighted by Gasteiger charge is 2.10. The van der Waals surface area contributed by atoms with E-state index in [1.54, 1.807) is 0 Å². The van der Waals surface area contributed by atoms with Gasteiger partial charge in [0.25, 0.3) is 0 Å². The van der Waals surface area contributed by atoms with Crippen molar-refractivity contribution in [2.24, 2.45) is 5.92 Å². The van der Waals surface area contributed by atoms with Gasteiger partial charge in [0.2, 0.25) is 5.91 Å². The van der Waals surface area contributed by atoms with Crippen LogP contribution in [0.15, 0.2) is 0 Å². The number of carbonyl (C=O) groups excluding carboxylic acids is 1. The third-order valence-electron chi connectivity index (χ3n) is 2.89. The topological polar surface area (TPSA) is 32.3 Å². The molecule has 0 aromatic carbocycles. The van der Waals surface area contributed by atoms with Gasteiger partial charge >= 0.3 is 0 Å². The van der Waals surface area contributed by atoms with E-state index in [-0.39, 0.29) is 5.91 Å². The molecule has 0 saturated heterocycles. The van der Waals surface area contributed by atoms with Gasteiger partial charge in [-0.3, -0.25) is 4.79 Å². The summed E-state index contributed by atoms with van der Waals surface area (Å²) in [6, 6.07) is 0.432. The zero-order valence-electron chi connectivity index (χ0n) is 11.5. The first-order chi connectivity index (χ1) is 7.51. The first kappa shape index (κ1) is 15.4. The number of rotatable bonds is 8. The average Bonchev–Trinajstić information content (AvgIpc) is 2.25. The number of hydrogen-bond acceptors (Lipinski definition) is 2. The lowest BCUT2D eigenvalue weighted by molar-refractivity contribution is -0.129. The first-order valence-electron chi connectivity index (χ1n) is 6.52. The highest BCUT2D eigenvalue weighted by atomic mass is 16.2. The number of likely N-dealkylation sites (N-methyl/N-ethyl adjacent to an activating group) is 1. The van der Waals surface area contributed by atoms with Gasteiger partial charge in [-0.15, -0.1) is 0 Å². The van der Waals surface area contributed by atoms with Crippen LogP contribution in [0.1, 0.15) is 47.5 Å². The SMILES string of the molecule is CCN(CC)C(=O)CNC(C)CCC(C)C. The van der Waals surface area contributed by atoms with Crippen LogP contribution in [0.3, 0.4) is 0 Å². The third-order valence-corrected chi connectivity index (χ3v) is 2.89. The van der Waals surface area contributed by atoms with Crippen molar-refractivity contribution in [3.8, 4) is 0 Å². The minimum Gasteiger partial charge on any atom is -0.342 e. The molecule has 0 aromatic rings. The first-order valence-corrected chi connectivity index (χ1v) is 6.52. The molecule has 0 rings (SSSR count). The van der Waals surface area contributed by atoms with Crippen molar-refractivity contribution >= 4 is 5.91 Å². The Bertz CT molecular complexity index is 188. The van der Waals surface area contributed by atoms with E-state index in [0.29, 0.717) is 12.6 Å². The highest BCUT2D eigenvalue weighted by Crippen LogP contribution is 2.06. The largest absolute Gasteiger partial charge is 0.342 e. The molecule has 0 fully saturated rings. The second-order valence-electron chi connectivity index (χ2n) is 4.82. The minimum absolute atomic E-state index is 0.210. The van der Waals surface area contributed by atoms with Gasteiger partial charge in [0.1, 0.15) is 0 Å². The second-order valence-corrected chi connectivity index (χ2v) is 4.82. The highest BCUT2D eigenvalue weighted by molar-refractivity contribution is 5.78. The summed E-state index contributed by atoms with van der Waals surface area (Å²) in [5, 5.41) is 3.30. The predicted molar refractivity (Wildman–Crippen MR) is 69.5 cm³/mol. The smallest absolute Gasteiger partial charge is 0.236 e. The maximum atomic E-state index is 11.7. The summed E-state index contributed by atoms with van der Waals surface area (Å²) in [7, 11) is 0. The maximum absolute atomic E-state index is 11.7. The summed E-state index contributed by atoms with van der Waals surface area (Å²) in [5.41, 5.74) is 0. The maximum Gasteiger partial charge on any atom is 0.236 e. The Kier molecular flexibility index (Phi) is 8.26. The zero-order valence-corrected chi connectivity index (χ0v) is 11.5. The van der Waals surface area contributed by atoms with E-state index in [1.807, 2.05) is 18.7 Å². The molecule has 0 aliphatic carbocycles. The normalized spacial score (nSPS) is 12.9. The van der Waals surface area contributed by atoms with Gasteiger partial charge in [-0.2, -0.15) is 0 Å². The molecule has 0 heterocycles. The fraction of sp³-hybridized carbons (Fsp3) is 0.923. The lowest BCUT2D eigenvalue weighted by atomic mass is 10.0. The van der Waals surface area contributed by atoms with E-state index in [1.165, 1.54) is 6.42 Å². The van der Waals surface area contributed by atoms with Crippen LogP contribution in [-0.4, -0.2) is 36.5 Å². The standard InChI is InChI=1S/C13H28N2O/c1-6-15(7-2)13(16)10-14-12(5)9-8-11(3)4/h11-12,14H,6-10H2,1-5H3. The van der Waals surface area contributed by atoms with E-state index in [2.05, 4.69) is 26.1 Å². The molecular weight excluding hydrogens is 200 g/mol. The van der Waals surface area contributed by atoms with Crippen LogP contribution in [0.25, 0.3) is 0 Å². The van der Waals surface area contributed by atoms with Crippen molar-refractivity contribution in [1.29, 1.82) is 0 Å². The molecule has 1 N–H and O–H groups in total. The van der Waals surface area contributed by atoms with Crippen molar-refractivity contribution in [2.45, 2.75) is 53.5 Å². The van der Waals surface area contributed by atoms with Crippen LogP contribution in [0.2, 0.25) is 0 Å². The van der Waals surface area contributed by atoms with E-state index >= 15 is 0 Å². The molecule has 1 unspecified atom stereocenters. The summed E-state index contributed by atoms with van der Waals surface area (Å²) >= 11 is 0. The predicted octanol–water partition coefficient (Wildman–Crippen LogP) is 2.27. The van der Waals surface area contributed by atoms with E-state index in [0.717, 1.165) is 25.4 Å². The lowest BCUT2D eigenvalue weighted by Gasteiger charge is -2.21. The van der Waals surface area contributed by atoms with Crippen molar-refractivity contribution in [2.75, 3.05) is 19.6 Å². The van der Waals surface area contributed by atoms with Gasteiger partial charge in [-0.1, -0.05) is 13.8 Å². The number of carbonyl (C=O) groups is 1. The summed E-state index contributed by atoms with van der Waals surface area (Å²) in [5.74, 6) is 0.948. The van der Waals surface area contributed by atoms with Crippen molar-refractivity contribution < 1.29 is 4.79 Å². The molecule has 0 aromatic heterocycles. The average molecular weight is 228 g/mol. The van der Waals surface area contributed by atoms with Crippen LogP contribution >= 0.6 is 0 Å². The Morgan fingerprint density at radius 2 is 1.69 bits per heavy atom. The second kappa shape index (κ2) is 8.57. The molecule has 96 valence electrons. The van der Waals surface area contributed by atoms with Gasteiger partial charge in [0.05, 0.1) is 6.54 Å². The molecule has 1 amide bonds. The summed E-state index contributed by atoms with van der Waals surface area (Å²) in [6.45, 7) is 12.7. The Balaban J connectivity index is 3.73. The molecule has 1 atom stereocenters. The number of amides is 1. The Morgan fingerprint density at radius 3 is 2.12 bits per heavy atom. The lowest BCUT2D eigenvalue weighted by Crippen LogP contribution is -2.40. The van der Waals surface area contributed by atoms with Crippen molar-refractivity contribution in [1.82, 2.24) is 10.2 Å². The molecule has 0 saturated carbocycles. The van der Waals surface area contributed by atoms with Gasteiger partial charge < -0.3 is 10.2 Å². The molecule has 0 aliphatic rings. The van der Waals surface area contributed by atoms with Gasteiger partial charge in [-0.25, -0.2) is 0 Å². The molecule has 0 aliphatic heterocycles. The number of nitrogens with one attached hydrogen (secondary N) is 1. The Hall–Kier alpha value is -0.570. The third kappa shape index (κ3) is 6.83. The van der Waals surface area contributed by atoms with Crippen LogP contribution in [0.5, 0.6) is 0 Å². The zero-order chi connectivity index (χ0) is 12.6. The van der Waals surface area contributed by atoms with Gasteiger partial charge in [0, 0.05) is 19.1 Å². The van der Waals surface area contributed by atoms with Crippen LogP contribution in [0, 0.1) is 5.92 Å². The molecule has 0 radical (unpaired) electrons. The van der Waals surface area contributed by atoms with Gasteiger partial charge in [0.15, 0.2) is 0 Å². The molecule has 16 heavy (non-hydrogen) atoms. The molecule has 0 spiro atoms. The summed E-state index contributed by atoms with van der Waals surface area (Å²) < 4.78 is 0. The van der Waals surface area contributed by atoms with E-state index in [4.69, 9.17) is 0 Å². The van der Waals surface area contributed by atoms with Gasteiger partial charge in [-0.05, 0) is 39.5 Å². The molecule has 3 heteroatoms. The van der Waals surface area contributed by atoms with Crippen LogP contribution < -0.4 is 5.32 Å². The van der Waals surface area contributed by atoms with E-state index < -0.39 is 0 Å². The molecule has 0 bridgehead atoms. The van der Waals surface area contributed by atoms with E-state index in [9.17, 15) is 4.79 Å². The summed E-state index contributed by atoms with van der Waals surface area (Å²) in [4.78, 5) is 13.6. The Morgan fingerprint density at radius 1 is 1.12 bits per heavy atom. The Labute approximate surface area is 101 Å². The fourth-order valence-electron chi connectivity index (χ4n) is 1.64. The molecule has 3 nitrogen and oxygen atoms in total. The fourth-order valence-corrected chi connectivity index (χ4v) is 1.64. The van der Waals surface area contributed by atoms with Crippen molar-refractivity contribution in [3.63, 3.8) is 0 Å². The monoisotopic (exact) mass is 228 g/mol. The molecular formula is C13H28N2O. The van der Waals surface area contributed by atoms with Crippen molar-refractivity contribution in [3.05, 3.63) is 0 Å². The minimum atomic E-state index is 0.210. The van der Waals surface area contributed by atoms with Crippen LogP contribution in [-0.2, 0) is 4.79 Å². The summed E-state index contributed by atoms with van der Waals surface area (Å²) in [6.07, 6.45) is 2.36. The quantitative estimate of drug-likeness (QED) is 0.691.